The van der Waals surface area contributed by atoms with Crippen molar-refractivity contribution >= 4 is 33.5 Å². The monoisotopic (exact) mass is 1110 g/mol. The molecule has 0 radical (unpaired) electrons. The molecule has 11 atom stereocenters. The van der Waals surface area contributed by atoms with Crippen LogP contribution in [0.5, 0.6) is 28.7 Å². The average Bonchev–Trinajstić information content (AvgIpc) is 0.988. The molecule has 426 valence electrons. The summed E-state index contributed by atoms with van der Waals surface area (Å²) < 4.78 is 25.9. The van der Waals surface area contributed by atoms with Gasteiger partial charge in [-0.1, -0.05) is 104 Å². The minimum absolute atomic E-state index is 0.0131. The molecule has 7 aromatic rings. The molecule has 11 unspecified atom stereocenters. The van der Waals surface area contributed by atoms with Gasteiger partial charge in [0.15, 0.2) is 23.0 Å². The highest BCUT2D eigenvalue weighted by Gasteiger charge is 2.67. The van der Waals surface area contributed by atoms with E-state index in [4.69, 9.17) is 18.9 Å². The predicted molar refractivity (Wildman–Crippen MR) is 319 cm³/mol. The van der Waals surface area contributed by atoms with E-state index in [1.807, 2.05) is 42.5 Å². The number of fused-ring (bicyclic) bond motifs is 12. The number of benzene rings is 7. The van der Waals surface area contributed by atoms with Crippen molar-refractivity contribution in [1.82, 2.24) is 5.32 Å². The lowest BCUT2D eigenvalue weighted by Gasteiger charge is -2.66. The van der Waals surface area contributed by atoms with Gasteiger partial charge in [-0.3, -0.25) is 9.59 Å². The number of phenols is 3. The van der Waals surface area contributed by atoms with Crippen molar-refractivity contribution in [2.24, 2.45) is 29.1 Å². The standard InChI is InChI=1S/C72H73NO10/c1-41(74)82-65-34-53(83-69(79)71-22-9-11-42(38-71)19-23-70(20-6-7-21-70)40-73-39-43-10-8-14-46(24-43)55-32-52(75)26-47-16-17-50(71)31-54(47)55)33-58-56-36-67(81-3)63(77)29-48(56)27-59-62(76)37-60-57-35-64(78)66(80-2)30-49(57)28-61(65)72(60,68(58)59)51-18-15-44-12-4-5-13-45(44)25-51/h4-5,8,10,12-18,24-26,29-32,35-36,42,53,58-62,65,68,73,75-78H,6-7,9,11,20-22,27-28,33-34,37-40H2,1-3H3. The lowest BCUT2D eigenvalue weighted by atomic mass is 9.38. The lowest BCUT2D eigenvalue weighted by molar-refractivity contribution is -0.174. The number of nitrogens with one attached hydrogen (secondary N) is 1. The normalized spacial score (nSPS) is 29.2. The Balaban J connectivity index is 0.967. The van der Waals surface area contributed by atoms with Crippen LogP contribution in [0.1, 0.15) is 128 Å². The number of rotatable bonds is 6. The molecule has 0 amide bonds. The molecular formula is C72H73NO10. The quantitative estimate of drug-likeness (QED) is 0.0795. The first-order valence-corrected chi connectivity index (χ1v) is 30.2. The molecule has 1 aliphatic heterocycles. The van der Waals surface area contributed by atoms with Gasteiger partial charge in [0.2, 0.25) is 0 Å². The number of methoxy groups -OCH3 is 2. The minimum atomic E-state index is -1.13. The van der Waals surface area contributed by atoms with Crippen molar-refractivity contribution in [1.29, 1.82) is 0 Å². The summed E-state index contributed by atoms with van der Waals surface area (Å²) >= 11 is 0. The summed E-state index contributed by atoms with van der Waals surface area (Å²) in [6, 6.07) is 40.9. The highest BCUT2D eigenvalue weighted by molar-refractivity contribution is 5.99. The fraction of sp³-hybridized carbons (Fsp3) is 0.417. The van der Waals surface area contributed by atoms with Crippen molar-refractivity contribution in [2.75, 3.05) is 20.8 Å². The van der Waals surface area contributed by atoms with Crippen LogP contribution in [-0.4, -0.2) is 71.4 Å². The molecule has 6 aliphatic carbocycles. The second-order valence-corrected chi connectivity index (χ2v) is 25.6. The van der Waals surface area contributed by atoms with Crippen LogP contribution in [-0.2, 0) is 49.3 Å². The van der Waals surface area contributed by atoms with E-state index < -0.39 is 41.0 Å². The predicted octanol–water partition coefficient (Wildman–Crippen LogP) is 12.8. The molecule has 1 heterocycles. The maximum atomic E-state index is 16.6. The van der Waals surface area contributed by atoms with Gasteiger partial charge in [-0.2, -0.15) is 0 Å². The van der Waals surface area contributed by atoms with Crippen LogP contribution in [0, 0.1) is 40.9 Å². The third kappa shape index (κ3) is 8.92. The van der Waals surface area contributed by atoms with Gasteiger partial charge in [0.25, 0.3) is 0 Å². The Morgan fingerprint density at radius 3 is 2.29 bits per heavy atom. The number of aromatic hydroxyl groups is 3. The Kier molecular flexibility index (Phi) is 13.3. The van der Waals surface area contributed by atoms with Gasteiger partial charge in [-0.25, -0.2) is 0 Å². The van der Waals surface area contributed by atoms with E-state index in [-0.39, 0.29) is 64.6 Å². The third-order valence-electron chi connectivity index (χ3n) is 21.2. The summed E-state index contributed by atoms with van der Waals surface area (Å²) in [7, 11) is 3.10. The van der Waals surface area contributed by atoms with Crippen molar-refractivity contribution < 1.29 is 49.0 Å². The fourth-order valence-corrected chi connectivity index (χ4v) is 17.8. The number of aliphatic hydroxyl groups excluding tert-OH is 1. The second kappa shape index (κ2) is 20.7. The molecule has 7 aromatic carbocycles. The fourth-order valence-electron chi connectivity index (χ4n) is 17.8. The van der Waals surface area contributed by atoms with Crippen molar-refractivity contribution in [3.63, 3.8) is 0 Å². The molecule has 0 aromatic heterocycles. The molecule has 7 aliphatic rings. The number of aliphatic hydroxyl groups is 1. The lowest BCUT2D eigenvalue weighted by Crippen LogP contribution is -2.65. The topological polar surface area (TPSA) is 164 Å². The van der Waals surface area contributed by atoms with Gasteiger partial charge < -0.3 is 44.7 Å². The molecule has 6 bridgehead atoms. The molecule has 4 saturated carbocycles. The van der Waals surface area contributed by atoms with Crippen LogP contribution in [0.3, 0.4) is 0 Å². The van der Waals surface area contributed by atoms with Crippen LogP contribution in [0.2, 0.25) is 0 Å². The Morgan fingerprint density at radius 2 is 1.47 bits per heavy atom. The maximum Gasteiger partial charge on any atom is 0.316 e. The summed E-state index contributed by atoms with van der Waals surface area (Å²) in [6.45, 7) is 2.92. The summed E-state index contributed by atoms with van der Waals surface area (Å²) in [6.07, 6.45) is 6.25. The zero-order valence-electron chi connectivity index (χ0n) is 47.6. The van der Waals surface area contributed by atoms with Crippen LogP contribution in [0.4, 0.5) is 0 Å². The number of hydrogen-bond donors (Lipinski definition) is 5. The highest BCUT2D eigenvalue weighted by Crippen LogP contribution is 2.70. The van der Waals surface area contributed by atoms with Gasteiger partial charge in [0.05, 0.1) is 25.7 Å². The SMILES string of the molecule is COc1cc2c(cc1O)C1CC(O)C3Cc4cc(O)c(OC)cc4C4CC(OC(=O)C56CCCC(C#CC7(CCCC7)CNCc7cccc(c7)-c7cc(O)cc8ccc5cc78)C6)CC(OC(C)=O)C(C2)C1(c1ccc2ccccc2c1)C43. The van der Waals surface area contributed by atoms with Crippen molar-refractivity contribution in [3.8, 4) is 51.7 Å². The Labute approximate surface area is 485 Å². The van der Waals surface area contributed by atoms with E-state index in [2.05, 4.69) is 83.9 Å². The Hall–Kier alpha value is -7.52. The molecular weight excluding hydrogens is 1040 g/mol. The van der Waals surface area contributed by atoms with Crippen LogP contribution >= 0.6 is 0 Å². The zero-order valence-corrected chi connectivity index (χ0v) is 47.6. The first kappa shape index (κ1) is 53.5. The van der Waals surface area contributed by atoms with E-state index in [0.29, 0.717) is 56.6 Å². The highest BCUT2D eigenvalue weighted by atomic mass is 16.6. The molecule has 4 fully saturated rings. The second-order valence-electron chi connectivity index (χ2n) is 25.6. The first-order valence-electron chi connectivity index (χ1n) is 30.2. The molecule has 1 spiro atoms. The number of hydrogen-bond acceptors (Lipinski definition) is 11. The van der Waals surface area contributed by atoms with Gasteiger partial charge in [0, 0.05) is 49.1 Å². The van der Waals surface area contributed by atoms with E-state index in [9.17, 15) is 25.2 Å². The van der Waals surface area contributed by atoms with E-state index >= 15 is 4.79 Å². The van der Waals surface area contributed by atoms with Crippen LogP contribution < -0.4 is 14.8 Å². The zero-order chi connectivity index (χ0) is 56.9. The summed E-state index contributed by atoms with van der Waals surface area (Å²) in [5.74, 6) is 5.81. The summed E-state index contributed by atoms with van der Waals surface area (Å²) in [4.78, 5) is 30.6. The van der Waals surface area contributed by atoms with Gasteiger partial charge >= 0.3 is 11.9 Å². The number of esters is 2. The van der Waals surface area contributed by atoms with Crippen LogP contribution in [0.25, 0.3) is 32.7 Å². The van der Waals surface area contributed by atoms with Gasteiger partial charge in [-0.15, -0.1) is 0 Å². The molecule has 83 heavy (non-hydrogen) atoms. The van der Waals surface area contributed by atoms with Crippen molar-refractivity contribution in [3.05, 3.63) is 160 Å². The molecule has 14 rings (SSSR count). The Bertz CT molecular complexity index is 3810. The van der Waals surface area contributed by atoms with Crippen LogP contribution in [0.15, 0.2) is 121 Å². The summed E-state index contributed by atoms with van der Waals surface area (Å²) in [5.41, 5.74) is 6.48. The van der Waals surface area contributed by atoms with E-state index in [1.54, 1.807) is 26.4 Å². The van der Waals surface area contributed by atoms with E-state index in [1.165, 1.54) is 6.92 Å². The van der Waals surface area contributed by atoms with Crippen molar-refractivity contribution in [2.45, 2.75) is 138 Å². The number of ether oxygens (including phenoxy) is 4. The molecule has 11 nitrogen and oxygen atoms in total. The summed E-state index contributed by atoms with van der Waals surface area (Å²) in [5, 5.41) is 55.2. The molecule has 11 heteroatoms. The number of carbonyl (C=O) groups is 2. The molecule has 0 saturated heterocycles. The largest absolute Gasteiger partial charge is 0.508 e. The number of phenolic OH excluding ortho intramolecular Hbond substituents is 3. The first-order chi connectivity index (χ1) is 40.3. The smallest absolute Gasteiger partial charge is 0.316 e. The average molecular weight is 1110 g/mol. The number of carbonyl (C=O) groups excluding carboxylic acids is 2. The minimum Gasteiger partial charge on any atom is -0.508 e. The van der Waals surface area contributed by atoms with E-state index in [0.717, 1.165) is 117 Å². The Morgan fingerprint density at radius 1 is 0.699 bits per heavy atom. The molecule has 5 N–H and O–H groups in total. The third-order valence-corrected chi connectivity index (χ3v) is 21.2. The van der Waals surface area contributed by atoms with Gasteiger partial charge in [-0.05, 0) is 202 Å². The maximum absolute atomic E-state index is 16.6. The van der Waals surface area contributed by atoms with Gasteiger partial charge in [0.1, 0.15) is 18.0 Å².